The Morgan fingerprint density at radius 1 is 1.35 bits per heavy atom. The first-order chi connectivity index (χ1) is 7.90. The van der Waals surface area contributed by atoms with Crippen molar-refractivity contribution in [1.82, 2.24) is 0 Å². The summed E-state index contributed by atoms with van der Waals surface area (Å²) in [6, 6.07) is 6.38. The first kappa shape index (κ1) is 12.6. The minimum Gasteiger partial charge on any atom is -0.406 e. The van der Waals surface area contributed by atoms with Crippen LogP contribution < -0.4 is 15.9 Å². The van der Waals surface area contributed by atoms with Crippen LogP contribution in [0.1, 0.15) is 0 Å². The van der Waals surface area contributed by atoms with Crippen LogP contribution in [-0.4, -0.2) is 12.2 Å². The SMILES string of the molecule is N#CC(N)=NNc1ccc(OC(F)(F)F)cc1. The Kier molecular flexibility index (Phi) is 3.77. The van der Waals surface area contributed by atoms with Crippen LogP contribution in [0, 0.1) is 11.3 Å². The summed E-state index contributed by atoms with van der Waals surface area (Å²) in [5.74, 6) is -0.638. The molecule has 0 unspecified atom stereocenters. The summed E-state index contributed by atoms with van der Waals surface area (Å²) in [6.45, 7) is 0. The summed E-state index contributed by atoms with van der Waals surface area (Å²) in [4.78, 5) is 0. The third-order valence-corrected chi connectivity index (χ3v) is 1.51. The summed E-state index contributed by atoms with van der Waals surface area (Å²) >= 11 is 0. The van der Waals surface area contributed by atoms with Crippen molar-refractivity contribution < 1.29 is 17.9 Å². The van der Waals surface area contributed by atoms with E-state index < -0.39 is 6.36 Å². The first-order valence-electron chi connectivity index (χ1n) is 4.26. The molecule has 5 nitrogen and oxygen atoms in total. The molecule has 90 valence electrons. The highest BCUT2D eigenvalue weighted by atomic mass is 19.4. The first-order valence-corrected chi connectivity index (χ1v) is 4.26. The van der Waals surface area contributed by atoms with Crippen LogP contribution in [0.5, 0.6) is 5.75 Å². The zero-order valence-electron chi connectivity index (χ0n) is 8.32. The molecule has 17 heavy (non-hydrogen) atoms. The van der Waals surface area contributed by atoms with Crippen LogP contribution >= 0.6 is 0 Å². The van der Waals surface area contributed by atoms with E-state index in [0.29, 0.717) is 5.69 Å². The largest absolute Gasteiger partial charge is 0.573 e. The van der Waals surface area contributed by atoms with E-state index in [-0.39, 0.29) is 11.6 Å². The van der Waals surface area contributed by atoms with Gasteiger partial charge < -0.3 is 10.5 Å². The molecular weight excluding hydrogens is 237 g/mol. The third kappa shape index (κ3) is 4.74. The molecule has 1 aromatic carbocycles. The summed E-state index contributed by atoms with van der Waals surface area (Å²) in [6.07, 6.45) is -4.72. The van der Waals surface area contributed by atoms with E-state index in [2.05, 4.69) is 15.3 Å². The van der Waals surface area contributed by atoms with Crippen LogP contribution in [0.3, 0.4) is 0 Å². The van der Waals surface area contributed by atoms with Crippen molar-refractivity contribution in [3.63, 3.8) is 0 Å². The number of hydrazone groups is 1. The van der Waals surface area contributed by atoms with Crippen LogP contribution in [0.2, 0.25) is 0 Å². The van der Waals surface area contributed by atoms with E-state index >= 15 is 0 Å². The zero-order valence-corrected chi connectivity index (χ0v) is 8.32. The Morgan fingerprint density at radius 3 is 2.41 bits per heavy atom. The molecular formula is C9H7F3N4O. The number of anilines is 1. The lowest BCUT2D eigenvalue weighted by atomic mass is 10.3. The fourth-order valence-corrected chi connectivity index (χ4v) is 0.881. The molecule has 0 saturated carbocycles. The average Bonchev–Trinajstić information content (AvgIpc) is 2.25. The number of nitriles is 1. The molecule has 0 aliphatic carbocycles. The Hall–Kier alpha value is -2.43. The van der Waals surface area contributed by atoms with Crippen LogP contribution in [0.15, 0.2) is 29.4 Å². The second kappa shape index (κ2) is 5.07. The molecule has 0 bridgehead atoms. The van der Waals surface area contributed by atoms with Crippen molar-refractivity contribution in [3.8, 4) is 11.8 Å². The fourth-order valence-electron chi connectivity index (χ4n) is 0.881. The van der Waals surface area contributed by atoms with Crippen LogP contribution in [-0.2, 0) is 0 Å². The molecule has 0 atom stereocenters. The quantitative estimate of drug-likeness (QED) is 0.482. The molecule has 1 aromatic rings. The Bertz CT molecular complexity index is 447. The molecule has 3 N–H and O–H groups in total. The smallest absolute Gasteiger partial charge is 0.406 e. The number of nitrogens with zero attached hydrogens (tertiary/aromatic N) is 2. The van der Waals surface area contributed by atoms with Crippen molar-refractivity contribution in [2.75, 3.05) is 5.43 Å². The molecule has 0 aromatic heterocycles. The maximum absolute atomic E-state index is 11.8. The average molecular weight is 244 g/mol. The minimum absolute atomic E-state index is 0.291. The number of ether oxygens (including phenoxy) is 1. The van der Waals surface area contributed by atoms with Gasteiger partial charge in [-0.05, 0) is 24.3 Å². The van der Waals surface area contributed by atoms with Gasteiger partial charge in [-0.15, -0.1) is 18.3 Å². The van der Waals surface area contributed by atoms with Gasteiger partial charge in [-0.2, -0.15) is 5.26 Å². The van der Waals surface area contributed by atoms with E-state index in [4.69, 9.17) is 11.0 Å². The van der Waals surface area contributed by atoms with Gasteiger partial charge in [-0.25, -0.2) is 0 Å². The number of hydrogen-bond donors (Lipinski definition) is 2. The van der Waals surface area contributed by atoms with Gasteiger partial charge in [0.15, 0.2) is 0 Å². The van der Waals surface area contributed by atoms with Crippen molar-refractivity contribution in [2.45, 2.75) is 6.36 Å². The highest BCUT2D eigenvalue weighted by Crippen LogP contribution is 2.23. The normalized spacial score (nSPS) is 11.8. The van der Waals surface area contributed by atoms with Crippen molar-refractivity contribution in [2.24, 2.45) is 10.8 Å². The van der Waals surface area contributed by atoms with Crippen LogP contribution in [0.4, 0.5) is 18.9 Å². The number of amidine groups is 1. The molecule has 0 fully saturated rings. The van der Waals surface area contributed by atoms with Gasteiger partial charge in [0.05, 0.1) is 5.69 Å². The third-order valence-electron chi connectivity index (χ3n) is 1.51. The van der Waals surface area contributed by atoms with Gasteiger partial charge in [-0.1, -0.05) is 0 Å². The van der Waals surface area contributed by atoms with Crippen LogP contribution in [0.25, 0.3) is 0 Å². The highest BCUT2D eigenvalue weighted by Gasteiger charge is 2.30. The summed E-state index contributed by atoms with van der Waals surface area (Å²) in [5, 5.41) is 11.7. The van der Waals surface area contributed by atoms with Gasteiger partial charge in [0.25, 0.3) is 0 Å². The van der Waals surface area contributed by atoms with Gasteiger partial charge in [0.1, 0.15) is 11.8 Å². The summed E-state index contributed by atoms with van der Waals surface area (Å²) < 4.78 is 39.2. The molecule has 0 heterocycles. The fraction of sp³-hybridized carbons (Fsp3) is 0.111. The number of hydrogen-bond acceptors (Lipinski definition) is 4. The lowest BCUT2D eigenvalue weighted by Gasteiger charge is -2.08. The molecule has 0 amide bonds. The molecule has 0 radical (unpaired) electrons. The Balaban J connectivity index is 2.66. The lowest BCUT2D eigenvalue weighted by Crippen LogP contribution is -2.17. The maximum atomic E-state index is 11.8. The summed E-state index contributed by atoms with van der Waals surface area (Å²) in [7, 11) is 0. The topological polar surface area (TPSA) is 83.4 Å². The predicted molar refractivity (Wildman–Crippen MR) is 54.0 cm³/mol. The lowest BCUT2D eigenvalue weighted by molar-refractivity contribution is -0.274. The standard InChI is InChI=1S/C9H7F3N4O/c10-9(11,12)17-7-3-1-6(2-4-7)15-16-8(14)5-13/h1-4,15H,(H2,14,16). The van der Waals surface area contributed by atoms with E-state index in [9.17, 15) is 13.2 Å². The number of alkyl halides is 3. The van der Waals surface area contributed by atoms with E-state index in [0.717, 1.165) is 12.1 Å². The van der Waals surface area contributed by atoms with Crippen molar-refractivity contribution in [3.05, 3.63) is 24.3 Å². The summed E-state index contributed by atoms with van der Waals surface area (Å²) in [5.41, 5.74) is 7.85. The second-order valence-corrected chi connectivity index (χ2v) is 2.79. The molecule has 0 aliphatic heterocycles. The van der Waals surface area contributed by atoms with Crippen molar-refractivity contribution >= 4 is 11.5 Å². The number of benzene rings is 1. The zero-order chi connectivity index (χ0) is 12.9. The number of nitrogens with two attached hydrogens (primary N) is 1. The molecule has 1 rings (SSSR count). The maximum Gasteiger partial charge on any atom is 0.573 e. The monoisotopic (exact) mass is 244 g/mol. The number of halogens is 3. The Morgan fingerprint density at radius 2 is 1.94 bits per heavy atom. The highest BCUT2D eigenvalue weighted by molar-refractivity contribution is 5.95. The number of nitrogens with one attached hydrogen (secondary N) is 1. The second-order valence-electron chi connectivity index (χ2n) is 2.79. The Labute approximate surface area is 94.3 Å². The van der Waals surface area contributed by atoms with Gasteiger partial charge in [0, 0.05) is 0 Å². The minimum atomic E-state index is -4.72. The predicted octanol–water partition coefficient (Wildman–Crippen LogP) is 1.79. The molecule has 0 spiro atoms. The van der Waals surface area contributed by atoms with Crippen molar-refractivity contribution in [1.29, 1.82) is 5.26 Å². The van der Waals surface area contributed by atoms with E-state index in [1.165, 1.54) is 12.1 Å². The molecule has 8 heteroatoms. The molecule has 0 aliphatic rings. The van der Waals surface area contributed by atoms with E-state index in [1.807, 2.05) is 0 Å². The van der Waals surface area contributed by atoms with E-state index in [1.54, 1.807) is 6.07 Å². The number of rotatable bonds is 3. The van der Waals surface area contributed by atoms with Gasteiger partial charge in [-0.3, -0.25) is 5.43 Å². The van der Waals surface area contributed by atoms with Gasteiger partial charge >= 0.3 is 6.36 Å². The molecule has 0 saturated heterocycles. The van der Waals surface area contributed by atoms with Gasteiger partial charge in [0.2, 0.25) is 5.84 Å².